The van der Waals surface area contributed by atoms with Crippen LogP contribution in [-0.4, -0.2) is 25.6 Å². The third-order valence-corrected chi connectivity index (χ3v) is 3.94. The van der Waals surface area contributed by atoms with Gasteiger partial charge < -0.3 is 0 Å². The summed E-state index contributed by atoms with van der Waals surface area (Å²) in [5.41, 5.74) is 1.43. The molecule has 0 saturated carbocycles. The van der Waals surface area contributed by atoms with Crippen molar-refractivity contribution in [3.63, 3.8) is 0 Å². The van der Waals surface area contributed by atoms with Crippen molar-refractivity contribution in [2.24, 2.45) is 5.16 Å². The minimum absolute atomic E-state index is 0.0465. The molecule has 0 fully saturated rings. The Morgan fingerprint density at radius 3 is 2.82 bits per heavy atom. The number of rotatable bonds is 2. The molecule has 7 heteroatoms. The minimum Gasteiger partial charge on any atom is -0.268 e. The number of nitrogens with zero attached hydrogens (tertiary/aromatic N) is 1. The van der Waals surface area contributed by atoms with Gasteiger partial charge in [-0.05, 0) is 25.1 Å². The van der Waals surface area contributed by atoms with E-state index in [1.165, 1.54) is 0 Å². The first-order valence-electron chi connectivity index (χ1n) is 4.80. The third-order valence-electron chi connectivity index (χ3n) is 2.18. The summed E-state index contributed by atoms with van der Waals surface area (Å²) < 4.78 is 26.3. The van der Waals surface area contributed by atoms with Crippen LogP contribution in [0.2, 0.25) is 5.02 Å². The molecular weight excluding hydrogens is 282 g/mol. The fourth-order valence-electron chi connectivity index (χ4n) is 1.50. The summed E-state index contributed by atoms with van der Waals surface area (Å²) in [6, 6.07) is 5.44. The van der Waals surface area contributed by atoms with Gasteiger partial charge in [0, 0.05) is 15.5 Å². The van der Waals surface area contributed by atoms with Crippen LogP contribution in [0.25, 0.3) is 0 Å². The molecule has 1 aromatic carbocycles. The molecule has 0 bridgehead atoms. The molecule has 1 aliphatic rings. The zero-order valence-corrected chi connectivity index (χ0v) is 11.6. The van der Waals surface area contributed by atoms with Crippen molar-refractivity contribution in [3.05, 3.63) is 28.8 Å². The van der Waals surface area contributed by atoms with Gasteiger partial charge in [-0.2, -0.15) is 8.42 Å². The molecule has 92 valence electrons. The van der Waals surface area contributed by atoms with Crippen molar-refractivity contribution < 1.29 is 12.7 Å². The Hall–Kier alpha value is -0.720. The average molecular weight is 292 g/mol. The lowest BCUT2D eigenvalue weighted by Gasteiger charge is -2.02. The van der Waals surface area contributed by atoms with Gasteiger partial charge in [-0.25, -0.2) is 0 Å². The van der Waals surface area contributed by atoms with Crippen LogP contribution in [-0.2, 0) is 14.4 Å². The topological polar surface area (TPSA) is 55.7 Å². The fraction of sp³-hybridized carbons (Fsp3) is 0.300. The number of benzene rings is 1. The molecule has 17 heavy (non-hydrogen) atoms. The van der Waals surface area contributed by atoms with E-state index in [1.54, 1.807) is 23.9 Å². The Labute approximate surface area is 109 Å². The Morgan fingerprint density at radius 1 is 1.47 bits per heavy atom. The van der Waals surface area contributed by atoms with E-state index in [-0.39, 0.29) is 5.25 Å². The summed E-state index contributed by atoms with van der Waals surface area (Å²) in [5, 5.41) is 4.34. The molecule has 1 unspecified atom stereocenters. The van der Waals surface area contributed by atoms with E-state index >= 15 is 0 Å². The third kappa shape index (κ3) is 2.94. The maximum absolute atomic E-state index is 10.9. The monoisotopic (exact) mass is 291 g/mol. The molecule has 1 aromatic rings. The Balaban J connectivity index is 2.40. The van der Waals surface area contributed by atoms with Gasteiger partial charge >= 0.3 is 10.1 Å². The van der Waals surface area contributed by atoms with E-state index in [1.807, 2.05) is 13.0 Å². The first-order chi connectivity index (χ1) is 7.87. The van der Waals surface area contributed by atoms with Gasteiger partial charge in [-0.1, -0.05) is 16.8 Å². The fourth-order valence-corrected chi connectivity index (χ4v) is 2.99. The average Bonchev–Trinajstić information content (AvgIpc) is 2.49. The maximum atomic E-state index is 10.9. The number of halogens is 1. The van der Waals surface area contributed by atoms with Crippen LogP contribution in [0.1, 0.15) is 12.5 Å². The van der Waals surface area contributed by atoms with E-state index in [0.717, 1.165) is 16.7 Å². The Bertz CT molecular complexity index is 583. The minimum atomic E-state index is -3.58. The summed E-state index contributed by atoms with van der Waals surface area (Å²) in [5.74, 6) is 0. The largest absolute Gasteiger partial charge is 0.325 e. The van der Waals surface area contributed by atoms with Crippen molar-refractivity contribution in [1.29, 1.82) is 0 Å². The zero-order valence-electron chi connectivity index (χ0n) is 9.18. The van der Waals surface area contributed by atoms with Crippen molar-refractivity contribution in [2.45, 2.75) is 17.1 Å². The number of thioether (sulfide) groups is 1. The normalized spacial score (nSPS) is 21.6. The van der Waals surface area contributed by atoms with Gasteiger partial charge in [-0.3, -0.25) is 4.28 Å². The second-order valence-corrected chi connectivity index (χ2v) is 7.03. The van der Waals surface area contributed by atoms with E-state index in [4.69, 9.17) is 11.6 Å². The van der Waals surface area contributed by atoms with Gasteiger partial charge in [0.2, 0.25) is 0 Å². The van der Waals surface area contributed by atoms with Crippen molar-refractivity contribution in [2.75, 3.05) is 6.26 Å². The highest BCUT2D eigenvalue weighted by molar-refractivity contribution is 8.01. The lowest BCUT2D eigenvalue weighted by molar-refractivity contribution is 0.342. The molecule has 0 radical (unpaired) electrons. The lowest BCUT2D eigenvalue weighted by atomic mass is 10.1. The molecule has 0 amide bonds. The second kappa shape index (κ2) is 4.51. The van der Waals surface area contributed by atoms with Gasteiger partial charge in [0.25, 0.3) is 0 Å². The van der Waals surface area contributed by atoms with Crippen LogP contribution in [0.3, 0.4) is 0 Å². The van der Waals surface area contributed by atoms with Crippen LogP contribution in [0.15, 0.2) is 28.3 Å². The Morgan fingerprint density at radius 2 is 2.18 bits per heavy atom. The summed E-state index contributed by atoms with van der Waals surface area (Å²) >= 11 is 7.50. The molecule has 2 rings (SSSR count). The molecule has 1 atom stereocenters. The number of hydrogen-bond acceptors (Lipinski definition) is 5. The first-order valence-corrected chi connectivity index (χ1v) is 7.87. The van der Waals surface area contributed by atoms with Crippen molar-refractivity contribution in [1.82, 2.24) is 0 Å². The molecule has 1 aliphatic heterocycles. The lowest BCUT2D eigenvalue weighted by Crippen LogP contribution is -2.11. The molecule has 0 spiro atoms. The molecule has 0 aliphatic carbocycles. The highest BCUT2D eigenvalue weighted by atomic mass is 35.5. The van der Waals surface area contributed by atoms with Crippen LogP contribution < -0.4 is 0 Å². The molecule has 0 saturated heterocycles. The van der Waals surface area contributed by atoms with E-state index in [9.17, 15) is 8.42 Å². The predicted molar refractivity (Wildman–Crippen MR) is 69.2 cm³/mol. The first kappa shape index (κ1) is 12.7. The van der Waals surface area contributed by atoms with Gasteiger partial charge in [-0.15, -0.1) is 11.8 Å². The van der Waals surface area contributed by atoms with E-state index in [0.29, 0.717) is 10.7 Å². The highest BCUT2D eigenvalue weighted by Crippen LogP contribution is 2.38. The van der Waals surface area contributed by atoms with Gasteiger partial charge in [0.15, 0.2) is 0 Å². The standard InChI is InChI=1S/C10H10ClNO3S2/c1-6-10(12-15-17(2,13)14)8-5-7(11)3-4-9(8)16-6/h3-6H,1-2H3/b12-10+. The zero-order chi connectivity index (χ0) is 12.6. The van der Waals surface area contributed by atoms with E-state index < -0.39 is 10.1 Å². The molecular formula is C10H10ClNO3S2. The molecule has 1 heterocycles. The van der Waals surface area contributed by atoms with Gasteiger partial charge in [0.1, 0.15) is 5.71 Å². The van der Waals surface area contributed by atoms with Gasteiger partial charge in [0.05, 0.1) is 11.5 Å². The molecule has 0 N–H and O–H groups in total. The molecule has 4 nitrogen and oxygen atoms in total. The molecule has 0 aromatic heterocycles. The van der Waals surface area contributed by atoms with Crippen molar-refractivity contribution >= 4 is 39.2 Å². The highest BCUT2D eigenvalue weighted by Gasteiger charge is 2.27. The summed E-state index contributed by atoms with van der Waals surface area (Å²) in [6.07, 6.45) is 0.961. The maximum Gasteiger partial charge on any atom is 0.325 e. The predicted octanol–water partition coefficient (Wildman–Crippen LogP) is 2.51. The van der Waals surface area contributed by atoms with Crippen LogP contribution in [0, 0.1) is 0 Å². The number of oxime groups is 1. The number of hydrogen-bond donors (Lipinski definition) is 0. The Kier molecular flexibility index (Phi) is 3.38. The summed E-state index contributed by atoms with van der Waals surface area (Å²) in [7, 11) is -3.58. The SMILES string of the molecule is CC1Sc2ccc(Cl)cc2/C1=N/OS(C)(=O)=O. The van der Waals surface area contributed by atoms with Crippen LogP contribution >= 0.6 is 23.4 Å². The van der Waals surface area contributed by atoms with Crippen LogP contribution in [0.4, 0.5) is 0 Å². The quantitative estimate of drug-likeness (QED) is 0.786. The summed E-state index contributed by atoms with van der Waals surface area (Å²) in [4.78, 5) is 1.03. The smallest absolute Gasteiger partial charge is 0.268 e. The number of fused-ring (bicyclic) bond motifs is 1. The second-order valence-electron chi connectivity index (χ2n) is 3.66. The summed E-state index contributed by atoms with van der Waals surface area (Å²) in [6.45, 7) is 1.93. The van der Waals surface area contributed by atoms with Crippen LogP contribution in [0.5, 0.6) is 0 Å². The van der Waals surface area contributed by atoms with E-state index in [2.05, 4.69) is 9.44 Å². The van der Waals surface area contributed by atoms with Crippen molar-refractivity contribution in [3.8, 4) is 0 Å².